The van der Waals surface area contributed by atoms with Gasteiger partial charge in [-0.2, -0.15) is 0 Å². The Morgan fingerprint density at radius 2 is 2.12 bits per heavy atom. The van der Waals surface area contributed by atoms with Crippen LogP contribution in [0.2, 0.25) is 0 Å². The van der Waals surface area contributed by atoms with Gasteiger partial charge in [-0.05, 0) is 37.5 Å². The van der Waals surface area contributed by atoms with Gasteiger partial charge in [0.25, 0.3) is 5.91 Å². The van der Waals surface area contributed by atoms with Crippen LogP contribution in [-0.4, -0.2) is 22.3 Å². The van der Waals surface area contributed by atoms with Crippen molar-refractivity contribution in [3.63, 3.8) is 0 Å². The van der Waals surface area contributed by atoms with Crippen LogP contribution >= 0.6 is 0 Å². The molecule has 0 saturated carbocycles. The monoisotopic (exact) mass is 327 g/mol. The maximum atomic E-state index is 12.7. The number of aryl methyl sites for hydroxylation is 1. The molecule has 1 aromatic carbocycles. The molecule has 2 aliphatic rings. The van der Waals surface area contributed by atoms with E-state index in [1.54, 1.807) is 6.20 Å². The highest BCUT2D eigenvalue weighted by Crippen LogP contribution is 2.34. The van der Waals surface area contributed by atoms with E-state index in [4.69, 9.17) is 9.47 Å². The molecule has 6 heteroatoms. The lowest BCUT2D eigenvalue weighted by Crippen LogP contribution is -2.29. The molecule has 0 spiro atoms. The molecule has 1 N–H and O–H groups in total. The van der Waals surface area contributed by atoms with E-state index in [1.807, 2.05) is 25.1 Å². The second-order valence-corrected chi connectivity index (χ2v) is 6.33. The summed E-state index contributed by atoms with van der Waals surface area (Å²) in [5.74, 6) is 2.42. The van der Waals surface area contributed by atoms with E-state index < -0.39 is 0 Å². The summed E-state index contributed by atoms with van der Waals surface area (Å²) >= 11 is 0. The van der Waals surface area contributed by atoms with Gasteiger partial charge < -0.3 is 19.4 Å². The fraction of sp³-hybridized carbons (Fsp3) is 0.444. The second-order valence-electron chi connectivity index (χ2n) is 6.33. The second kappa shape index (κ2) is 6.19. The van der Waals surface area contributed by atoms with Crippen molar-refractivity contribution in [1.82, 2.24) is 14.9 Å². The zero-order valence-electron chi connectivity index (χ0n) is 13.7. The Labute approximate surface area is 140 Å². The molecule has 0 radical (unpaired) electrons. The summed E-state index contributed by atoms with van der Waals surface area (Å²) in [6, 6.07) is 5.63. The van der Waals surface area contributed by atoms with Gasteiger partial charge in [0.05, 0.1) is 12.2 Å². The number of nitrogens with one attached hydrogen (secondary N) is 1. The van der Waals surface area contributed by atoms with E-state index >= 15 is 0 Å². The Kier molecular flexibility index (Phi) is 3.88. The quantitative estimate of drug-likeness (QED) is 0.941. The Morgan fingerprint density at radius 1 is 1.25 bits per heavy atom. The molecular formula is C18H21N3O3. The van der Waals surface area contributed by atoms with E-state index in [0.29, 0.717) is 5.69 Å². The molecule has 1 aromatic heterocycles. The number of amides is 1. The Morgan fingerprint density at radius 3 is 3.04 bits per heavy atom. The predicted molar refractivity (Wildman–Crippen MR) is 88.2 cm³/mol. The first-order valence-electron chi connectivity index (χ1n) is 8.47. The average molecular weight is 327 g/mol. The van der Waals surface area contributed by atoms with Gasteiger partial charge in [0, 0.05) is 13.0 Å². The topological polar surface area (TPSA) is 65.4 Å². The number of carbonyl (C=O) groups excluding carboxylic acids is 1. The van der Waals surface area contributed by atoms with E-state index in [-0.39, 0.29) is 18.7 Å². The van der Waals surface area contributed by atoms with Crippen molar-refractivity contribution in [2.75, 3.05) is 6.79 Å². The minimum Gasteiger partial charge on any atom is -0.454 e. The van der Waals surface area contributed by atoms with Gasteiger partial charge in [0.2, 0.25) is 6.79 Å². The lowest BCUT2D eigenvalue weighted by Gasteiger charge is -2.16. The Balaban J connectivity index is 1.51. The Hall–Kier alpha value is -2.50. The Bertz CT molecular complexity index is 769. The normalized spacial score (nSPS) is 17.0. The van der Waals surface area contributed by atoms with Crippen molar-refractivity contribution in [1.29, 1.82) is 0 Å². The molecule has 1 amide bonds. The van der Waals surface area contributed by atoms with Crippen molar-refractivity contribution >= 4 is 5.91 Å². The summed E-state index contributed by atoms with van der Waals surface area (Å²) in [6.45, 7) is 3.09. The molecular weight excluding hydrogens is 306 g/mol. The van der Waals surface area contributed by atoms with Crippen LogP contribution in [0.4, 0.5) is 0 Å². The summed E-state index contributed by atoms with van der Waals surface area (Å²) in [5, 5.41) is 3.06. The smallest absolute Gasteiger partial charge is 0.270 e. The predicted octanol–water partition coefficient (Wildman–Crippen LogP) is 2.83. The number of imidazole rings is 1. The zero-order chi connectivity index (χ0) is 16.5. The molecule has 0 saturated heterocycles. The highest BCUT2D eigenvalue weighted by molar-refractivity contribution is 5.92. The number of hydrogen-bond donors (Lipinski definition) is 1. The number of nitrogens with zero attached hydrogens (tertiary/aromatic N) is 2. The lowest BCUT2D eigenvalue weighted by atomic mass is 10.1. The van der Waals surface area contributed by atoms with Crippen LogP contribution in [0.15, 0.2) is 24.4 Å². The van der Waals surface area contributed by atoms with Crippen LogP contribution in [-0.2, 0) is 13.0 Å². The van der Waals surface area contributed by atoms with Crippen LogP contribution in [0.25, 0.3) is 0 Å². The van der Waals surface area contributed by atoms with E-state index in [1.165, 1.54) is 6.42 Å². The summed E-state index contributed by atoms with van der Waals surface area (Å²) in [7, 11) is 0. The molecule has 1 unspecified atom stereocenters. The first-order valence-corrected chi connectivity index (χ1v) is 8.47. The van der Waals surface area contributed by atoms with Crippen LogP contribution in [0.5, 0.6) is 11.5 Å². The van der Waals surface area contributed by atoms with Crippen molar-refractivity contribution in [2.24, 2.45) is 0 Å². The van der Waals surface area contributed by atoms with Crippen LogP contribution < -0.4 is 14.8 Å². The zero-order valence-corrected chi connectivity index (χ0v) is 13.7. The molecule has 1 atom stereocenters. The largest absolute Gasteiger partial charge is 0.454 e. The van der Waals surface area contributed by atoms with Crippen molar-refractivity contribution < 1.29 is 14.3 Å². The van der Waals surface area contributed by atoms with Gasteiger partial charge in [-0.15, -0.1) is 0 Å². The molecule has 0 bridgehead atoms. The molecule has 3 heterocycles. The number of carbonyl (C=O) groups is 1. The number of aromatic nitrogens is 2. The number of rotatable bonds is 3. The number of fused-ring (bicyclic) bond motifs is 2. The standard InChI is InChI=1S/C18H21N3O3/c1-12(13-6-7-15-16(9-13)24-11-23-15)20-18(22)14-10-19-17-5-3-2-4-8-21(14)17/h6-7,9-10,12H,2-5,8,11H2,1H3,(H,20,22). The minimum absolute atomic E-state index is 0.0826. The highest BCUT2D eigenvalue weighted by Gasteiger charge is 2.21. The number of ether oxygens (including phenoxy) is 2. The third-order valence-corrected chi connectivity index (χ3v) is 4.70. The van der Waals surface area contributed by atoms with Crippen molar-refractivity contribution in [2.45, 2.75) is 45.2 Å². The summed E-state index contributed by atoms with van der Waals surface area (Å²) in [4.78, 5) is 17.1. The SMILES string of the molecule is CC(NC(=O)c1cnc2n1CCCCC2)c1ccc2c(c1)OCO2. The highest BCUT2D eigenvalue weighted by atomic mass is 16.7. The van der Waals surface area contributed by atoms with Gasteiger partial charge in [-0.1, -0.05) is 12.5 Å². The van der Waals surface area contributed by atoms with E-state index in [2.05, 4.69) is 14.9 Å². The van der Waals surface area contributed by atoms with Crippen molar-refractivity contribution in [3.05, 3.63) is 41.5 Å². The van der Waals surface area contributed by atoms with E-state index in [0.717, 1.165) is 48.7 Å². The maximum Gasteiger partial charge on any atom is 0.270 e. The summed E-state index contributed by atoms with van der Waals surface area (Å²) in [6.07, 6.45) is 6.08. The van der Waals surface area contributed by atoms with Gasteiger partial charge >= 0.3 is 0 Å². The maximum absolute atomic E-state index is 12.7. The molecule has 6 nitrogen and oxygen atoms in total. The van der Waals surface area contributed by atoms with Gasteiger partial charge in [0.1, 0.15) is 11.5 Å². The molecule has 2 aromatic rings. The summed E-state index contributed by atoms with van der Waals surface area (Å²) in [5.41, 5.74) is 1.64. The average Bonchev–Trinajstić information content (AvgIpc) is 3.15. The van der Waals surface area contributed by atoms with Crippen LogP contribution in [0, 0.1) is 0 Å². The van der Waals surface area contributed by atoms with Crippen molar-refractivity contribution in [3.8, 4) is 11.5 Å². The molecule has 0 aliphatic carbocycles. The fourth-order valence-electron chi connectivity index (χ4n) is 3.31. The first-order chi connectivity index (χ1) is 11.7. The lowest BCUT2D eigenvalue weighted by molar-refractivity contribution is 0.0930. The first kappa shape index (κ1) is 15.1. The number of hydrogen-bond acceptors (Lipinski definition) is 4. The van der Waals surface area contributed by atoms with Gasteiger partial charge in [-0.3, -0.25) is 4.79 Å². The summed E-state index contributed by atoms with van der Waals surface area (Å²) < 4.78 is 12.8. The molecule has 24 heavy (non-hydrogen) atoms. The molecule has 2 aliphatic heterocycles. The van der Waals surface area contributed by atoms with Crippen LogP contribution in [0.1, 0.15) is 54.1 Å². The van der Waals surface area contributed by atoms with Gasteiger partial charge in [0.15, 0.2) is 11.5 Å². The minimum atomic E-state index is -0.121. The van der Waals surface area contributed by atoms with E-state index in [9.17, 15) is 4.79 Å². The van der Waals surface area contributed by atoms with Gasteiger partial charge in [-0.25, -0.2) is 4.98 Å². The molecule has 0 fully saturated rings. The number of benzene rings is 1. The molecule has 126 valence electrons. The third-order valence-electron chi connectivity index (χ3n) is 4.70. The molecule has 4 rings (SSSR count). The fourth-order valence-corrected chi connectivity index (χ4v) is 3.31. The van der Waals surface area contributed by atoms with Crippen LogP contribution in [0.3, 0.4) is 0 Å². The third kappa shape index (κ3) is 2.72.